The number of nitrogens with zero attached hydrogens (tertiary/aromatic N) is 2. The second-order valence-corrected chi connectivity index (χ2v) is 12.1. The Bertz CT molecular complexity index is 1510. The summed E-state index contributed by atoms with van der Waals surface area (Å²) in [5, 5.41) is 0.833. The molecule has 0 aromatic heterocycles. The van der Waals surface area contributed by atoms with Crippen molar-refractivity contribution < 1.29 is 33.4 Å². The van der Waals surface area contributed by atoms with E-state index in [9.17, 15) is 19.2 Å². The third-order valence-corrected chi connectivity index (χ3v) is 6.54. The van der Waals surface area contributed by atoms with Gasteiger partial charge in [0.2, 0.25) is 0 Å². The second-order valence-electron chi connectivity index (χ2n) is 12.1. The summed E-state index contributed by atoms with van der Waals surface area (Å²) < 4.78 is 16.7. The Balaban J connectivity index is 2.06. The lowest BCUT2D eigenvalue weighted by molar-refractivity contribution is -0.143. The van der Waals surface area contributed by atoms with E-state index in [1.807, 2.05) is 6.07 Å². The lowest BCUT2D eigenvalue weighted by Gasteiger charge is -2.47. The van der Waals surface area contributed by atoms with Crippen molar-refractivity contribution in [3.8, 4) is 5.75 Å². The van der Waals surface area contributed by atoms with E-state index in [-0.39, 0.29) is 17.7 Å². The van der Waals surface area contributed by atoms with Gasteiger partial charge in [0, 0.05) is 5.56 Å². The summed E-state index contributed by atoms with van der Waals surface area (Å²) in [4.78, 5) is 57.5. The van der Waals surface area contributed by atoms with Crippen molar-refractivity contribution in [3.63, 3.8) is 0 Å². The number of hydrogen-bond acceptors (Lipinski definition) is 7. The highest BCUT2D eigenvalue weighted by Gasteiger charge is 2.59. The zero-order valence-electron chi connectivity index (χ0n) is 25.5. The Kier molecular flexibility index (Phi) is 8.52. The molecule has 0 aliphatic carbocycles. The number of carbonyl (C=O) groups is 4. The third kappa shape index (κ3) is 6.48. The van der Waals surface area contributed by atoms with Crippen molar-refractivity contribution in [1.29, 1.82) is 0 Å². The van der Waals surface area contributed by atoms with Gasteiger partial charge < -0.3 is 14.2 Å². The molecule has 3 aromatic rings. The van der Waals surface area contributed by atoms with Gasteiger partial charge in [0.1, 0.15) is 17.0 Å². The van der Waals surface area contributed by atoms with Crippen molar-refractivity contribution in [1.82, 2.24) is 15.3 Å². The van der Waals surface area contributed by atoms with E-state index in [2.05, 4.69) is 5.43 Å². The molecule has 1 unspecified atom stereocenters. The molecule has 1 N–H and O–H groups in total. The van der Waals surface area contributed by atoms with E-state index in [4.69, 9.17) is 14.2 Å². The number of hydrazine groups is 1. The average Bonchev–Trinajstić information content (AvgIpc) is 2.94. The molecular formula is C33H37N3O7. The van der Waals surface area contributed by atoms with Gasteiger partial charge >= 0.3 is 12.2 Å². The topological polar surface area (TPSA) is 114 Å². The number of fused-ring (bicyclic) bond motifs is 1. The molecule has 1 aliphatic rings. The van der Waals surface area contributed by atoms with Crippen molar-refractivity contribution in [2.45, 2.75) is 64.8 Å². The third-order valence-electron chi connectivity index (χ3n) is 6.54. The SMILES string of the molecule is COc1ccc2c(c1)C(=O)N(Cc1ccccc1)C(=O)C2(c1ccccc1)N(NC(=O)OC(C)(C)C)C(=O)OC(C)(C)C. The number of ether oxygens (including phenoxy) is 3. The highest BCUT2D eigenvalue weighted by Crippen LogP contribution is 2.44. The highest BCUT2D eigenvalue weighted by atomic mass is 16.6. The average molecular weight is 588 g/mol. The van der Waals surface area contributed by atoms with E-state index in [0.717, 1.165) is 9.91 Å². The van der Waals surface area contributed by atoms with Gasteiger partial charge in [0.25, 0.3) is 11.8 Å². The van der Waals surface area contributed by atoms with Crippen LogP contribution in [0.1, 0.15) is 68.6 Å². The molecule has 0 saturated heterocycles. The summed E-state index contributed by atoms with van der Waals surface area (Å²) in [5.74, 6) is -0.991. The standard InChI is InChI=1S/C33H37N3O7/c1-31(2,3)42-29(39)34-36(30(40)43-32(4,5)6)33(23-16-12-9-13-17-23)26-19-18-24(41-7)20-25(26)27(37)35(28(33)38)21-22-14-10-8-11-15-22/h8-20H,21H2,1-7H3,(H,34,39). The van der Waals surface area contributed by atoms with Crippen LogP contribution in [0.15, 0.2) is 78.9 Å². The molecule has 0 saturated carbocycles. The normalized spacial score (nSPS) is 16.7. The number of methoxy groups -OCH3 is 1. The van der Waals surface area contributed by atoms with Crippen LogP contribution in [0.2, 0.25) is 0 Å². The zero-order valence-corrected chi connectivity index (χ0v) is 25.5. The lowest BCUT2D eigenvalue weighted by atomic mass is 9.75. The van der Waals surface area contributed by atoms with Crippen molar-refractivity contribution in [2.24, 2.45) is 0 Å². The number of hydrogen-bond donors (Lipinski definition) is 1. The van der Waals surface area contributed by atoms with Crippen molar-refractivity contribution in [3.05, 3.63) is 101 Å². The largest absolute Gasteiger partial charge is 0.497 e. The van der Waals surface area contributed by atoms with Crippen LogP contribution >= 0.6 is 0 Å². The van der Waals surface area contributed by atoms with Crippen molar-refractivity contribution in [2.75, 3.05) is 7.11 Å². The van der Waals surface area contributed by atoms with Gasteiger partial charge in [0.15, 0.2) is 5.54 Å². The summed E-state index contributed by atoms with van der Waals surface area (Å²) in [7, 11) is 1.46. The minimum atomic E-state index is -2.09. The first-order valence-corrected chi connectivity index (χ1v) is 13.8. The minimum absolute atomic E-state index is 0.0989. The van der Waals surface area contributed by atoms with Crippen molar-refractivity contribution >= 4 is 24.0 Å². The predicted molar refractivity (Wildman–Crippen MR) is 159 cm³/mol. The molecule has 1 atom stereocenters. The molecule has 3 aromatic carbocycles. The fraction of sp³-hybridized carbons (Fsp3) is 0.333. The van der Waals surface area contributed by atoms with Crippen LogP contribution < -0.4 is 10.2 Å². The molecule has 0 spiro atoms. The van der Waals surface area contributed by atoms with Gasteiger partial charge in [-0.1, -0.05) is 66.7 Å². The molecule has 10 heteroatoms. The lowest BCUT2D eigenvalue weighted by Crippen LogP contribution is -2.68. The smallest absolute Gasteiger partial charge is 0.431 e. The first-order chi connectivity index (χ1) is 20.2. The van der Waals surface area contributed by atoms with Gasteiger partial charge in [-0.2, -0.15) is 5.01 Å². The molecule has 226 valence electrons. The molecule has 0 radical (unpaired) electrons. The summed E-state index contributed by atoms with van der Waals surface area (Å²) in [6, 6.07) is 22.1. The van der Waals surface area contributed by atoms with Crippen LogP contribution in [0, 0.1) is 0 Å². The molecule has 0 bridgehead atoms. The van der Waals surface area contributed by atoms with Crippen LogP contribution in [0.3, 0.4) is 0 Å². The van der Waals surface area contributed by atoms with E-state index >= 15 is 0 Å². The maximum atomic E-state index is 15.0. The van der Waals surface area contributed by atoms with E-state index < -0.39 is 40.7 Å². The van der Waals surface area contributed by atoms with Gasteiger partial charge in [-0.3, -0.25) is 14.5 Å². The summed E-state index contributed by atoms with van der Waals surface area (Å²) >= 11 is 0. The molecular weight excluding hydrogens is 550 g/mol. The Labute approximate surface area is 251 Å². The predicted octanol–water partition coefficient (Wildman–Crippen LogP) is 5.80. The Morgan fingerprint density at radius 2 is 1.42 bits per heavy atom. The zero-order chi connectivity index (χ0) is 31.6. The van der Waals surface area contributed by atoms with E-state index in [1.54, 1.807) is 108 Å². The summed E-state index contributed by atoms with van der Waals surface area (Å²) in [6.45, 7) is 9.91. The van der Waals surface area contributed by atoms with Gasteiger partial charge in [-0.25, -0.2) is 15.0 Å². The van der Waals surface area contributed by atoms with E-state index in [0.29, 0.717) is 16.9 Å². The fourth-order valence-electron chi connectivity index (χ4n) is 4.87. The quantitative estimate of drug-likeness (QED) is 0.297. The maximum absolute atomic E-state index is 15.0. The molecule has 43 heavy (non-hydrogen) atoms. The first-order valence-electron chi connectivity index (χ1n) is 13.8. The van der Waals surface area contributed by atoms with Gasteiger partial charge in [-0.15, -0.1) is 0 Å². The molecule has 1 heterocycles. The van der Waals surface area contributed by atoms with E-state index in [1.165, 1.54) is 13.2 Å². The number of nitrogens with one attached hydrogen (secondary N) is 1. The number of carbonyl (C=O) groups excluding carboxylic acids is 4. The fourth-order valence-corrected chi connectivity index (χ4v) is 4.87. The Hall–Kier alpha value is -4.86. The van der Waals surface area contributed by atoms with Gasteiger partial charge in [-0.05, 0) is 64.8 Å². The highest BCUT2D eigenvalue weighted by molar-refractivity contribution is 6.15. The van der Waals surface area contributed by atoms with Crippen LogP contribution in [0.5, 0.6) is 5.75 Å². The maximum Gasteiger partial charge on any atom is 0.431 e. The van der Waals surface area contributed by atoms with Crippen LogP contribution in [0.4, 0.5) is 9.59 Å². The van der Waals surface area contributed by atoms with Crippen LogP contribution in [-0.2, 0) is 26.4 Å². The summed E-state index contributed by atoms with van der Waals surface area (Å²) in [5.41, 5.74) is -0.272. The second kappa shape index (κ2) is 11.8. The van der Waals surface area contributed by atoms with Crippen LogP contribution in [-0.4, -0.2) is 52.2 Å². The molecule has 4 amide bonds. The Morgan fingerprint density at radius 3 is 1.98 bits per heavy atom. The Morgan fingerprint density at radius 1 is 0.837 bits per heavy atom. The number of benzene rings is 3. The molecule has 0 fully saturated rings. The van der Waals surface area contributed by atoms with Crippen LogP contribution in [0.25, 0.3) is 0 Å². The first kappa shape index (κ1) is 31.1. The monoisotopic (exact) mass is 587 g/mol. The summed E-state index contributed by atoms with van der Waals surface area (Å²) in [6.07, 6.45) is -2.03. The molecule has 4 rings (SSSR count). The number of rotatable bonds is 5. The minimum Gasteiger partial charge on any atom is -0.497 e. The molecule has 10 nitrogen and oxygen atoms in total. The number of imide groups is 1. The number of amides is 4. The molecule has 1 aliphatic heterocycles. The van der Waals surface area contributed by atoms with Gasteiger partial charge in [0.05, 0.1) is 19.2 Å².